The first-order valence-corrected chi connectivity index (χ1v) is 5.78. The zero-order valence-electron chi connectivity index (χ0n) is 10.9. The van der Waals surface area contributed by atoms with Crippen LogP contribution in [-0.4, -0.2) is 36.7 Å². The number of methoxy groups -OCH3 is 1. The highest BCUT2D eigenvalue weighted by Crippen LogP contribution is 2.05. The summed E-state index contributed by atoms with van der Waals surface area (Å²) in [5, 5.41) is 19.9. The Labute approximate surface area is 116 Å². The number of carboxylic acids is 1. The number of nitrogens with one attached hydrogen (secondary N) is 1. The predicted octanol–water partition coefficient (Wildman–Crippen LogP) is 0.787. The van der Waals surface area contributed by atoms with Gasteiger partial charge in [-0.05, 0) is 23.8 Å². The summed E-state index contributed by atoms with van der Waals surface area (Å²) >= 11 is 0. The topological polar surface area (TPSA) is 99.4 Å². The van der Waals surface area contributed by atoms with E-state index in [9.17, 15) is 9.59 Å². The van der Waals surface area contributed by atoms with E-state index >= 15 is 0 Å². The third-order valence-corrected chi connectivity index (χ3v) is 2.46. The SMILES string of the molecule is COC(CNC(=O)/C=C/c1cccc(C#N)c1)C(=O)O. The van der Waals surface area contributed by atoms with Crippen molar-refractivity contribution in [1.82, 2.24) is 5.32 Å². The van der Waals surface area contributed by atoms with Crippen LogP contribution in [0.5, 0.6) is 0 Å². The smallest absolute Gasteiger partial charge is 0.334 e. The molecule has 6 nitrogen and oxygen atoms in total. The average molecular weight is 274 g/mol. The molecule has 1 amide bonds. The maximum atomic E-state index is 11.5. The number of rotatable bonds is 6. The molecule has 1 rings (SSSR count). The molecular formula is C14H14N2O4. The zero-order valence-corrected chi connectivity index (χ0v) is 10.9. The number of nitriles is 1. The van der Waals surface area contributed by atoms with E-state index in [1.165, 1.54) is 13.2 Å². The summed E-state index contributed by atoms with van der Waals surface area (Å²) in [4.78, 5) is 22.2. The maximum Gasteiger partial charge on any atom is 0.334 e. The number of amides is 1. The molecule has 0 spiro atoms. The molecule has 6 heteroatoms. The highest BCUT2D eigenvalue weighted by Gasteiger charge is 2.16. The molecule has 20 heavy (non-hydrogen) atoms. The van der Waals surface area contributed by atoms with E-state index in [1.54, 1.807) is 30.3 Å². The fraction of sp³-hybridized carbons (Fsp3) is 0.214. The zero-order chi connectivity index (χ0) is 15.0. The third kappa shape index (κ3) is 4.92. The van der Waals surface area contributed by atoms with E-state index in [-0.39, 0.29) is 6.54 Å². The highest BCUT2D eigenvalue weighted by molar-refractivity contribution is 5.92. The summed E-state index contributed by atoms with van der Waals surface area (Å²) in [6.07, 6.45) is 1.73. The second-order valence-electron chi connectivity index (χ2n) is 3.88. The number of hydrogen-bond acceptors (Lipinski definition) is 4. The number of carboxylic acid groups (broad SMARTS) is 1. The van der Waals surface area contributed by atoms with Gasteiger partial charge in [-0.15, -0.1) is 0 Å². The monoisotopic (exact) mass is 274 g/mol. The quantitative estimate of drug-likeness (QED) is 0.747. The summed E-state index contributed by atoms with van der Waals surface area (Å²) in [7, 11) is 1.26. The molecule has 0 radical (unpaired) electrons. The largest absolute Gasteiger partial charge is 0.479 e. The van der Waals surface area contributed by atoms with Gasteiger partial charge in [-0.2, -0.15) is 5.26 Å². The van der Waals surface area contributed by atoms with Crippen molar-refractivity contribution in [3.8, 4) is 6.07 Å². The van der Waals surface area contributed by atoms with Crippen LogP contribution in [0.15, 0.2) is 30.3 Å². The lowest BCUT2D eigenvalue weighted by molar-refractivity contribution is -0.148. The van der Waals surface area contributed by atoms with E-state index in [0.717, 1.165) is 0 Å². The van der Waals surface area contributed by atoms with Crippen LogP contribution < -0.4 is 5.32 Å². The molecule has 0 aliphatic heterocycles. The van der Waals surface area contributed by atoms with Gasteiger partial charge in [0.1, 0.15) is 0 Å². The van der Waals surface area contributed by atoms with Crippen molar-refractivity contribution in [2.24, 2.45) is 0 Å². The van der Waals surface area contributed by atoms with Gasteiger partial charge in [0.15, 0.2) is 6.10 Å². The minimum absolute atomic E-state index is 0.118. The fourth-order valence-corrected chi connectivity index (χ4v) is 1.41. The minimum Gasteiger partial charge on any atom is -0.479 e. The van der Waals surface area contributed by atoms with Crippen LogP contribution in [0, 0.1) is 11.3 Å². The molecule has 1 aromatic carbocycles. The summed E-state index contributed by atoms with van der Waals surface area (Å²) in [5.74, 6) is -1.57. The van der Waals surface area contributed by atoms with E-state index < -0.39 is 18.0 Å². The summed E-state index contributed by atoms with van der Waals surface area (Å²) < 4.78 is 4.68. The lowest BCUT2D eigenvalue weighted by atomic mass is 10.1. The molecule has 0 fully saturated rings. The number of benzene rings is 1. The Kier molecular flexibility index (Phi) is 5.94. The van der Waals surface area contributed by atoms with Gasteiger partial charge in [0, 0.05) is 13.2 Å². The fourth-order valence-electron chi connectivity index (χ4n) is 1.41. The van der Waals surface area contributed by atoms with Crippen LogP contribution in [0.1, 0.15) is 11.1 Å². The van der Waals surface area contributed by atoms with Gasteiger partial charge in [-0.25, -0.2) is 4.79 Å². The van der Waals surface area contributed by atoms with Crippen molar-refractivity contribution >= 4 is 18.0 Å². The second-order valence-corrected chi connectivity index (χ2v) is 3.88. The molecule has 0 saturated carbocycles. The normalized spacial score (nSPS) is 11.8. The number of ether oxygens (including phenoxy) is 1. The first-order valence-electron chi connectivity index (χ1n) is 5.78. The third-order valence-electron chi connectivity index (χ3n) is 2.46. The molecule has 1 atom stereocenters. The van der Waals surface area contributed by atoms with Gasteiger partial charge in [-0.1, -0.05) is 12.1 Å². The molecule has 0 bridgehead atoms. The lowest BCUT2D eigenvalue weighted by Gasteiger charge is -2.09. The maximum absolute atomic E-state index is 11.5. The van der Waals surface area contributed by atoms with Crippen LogP contribution in [0.3, 0.4) is 0 Å². The van der Waals surface area contributed by atoms with Crippen molar-refractivity contribution in [3.63, 3.8) is 0 Å². The first kappa shape index (κ1) is 15.4. The molecule has 0 aliphatic carbocycles. The van der Waals surface area contributed by atoms with Gasteiger partial charge >= 0.3 is 5.97 Å². The summed E-state index contributed by atoms with van der Waals surface area (Å²) in [6, 6.07) is 8.76. The Morgan fingerprint density at radius 2 is 2.30 bits per heavy atom. The van der Waals surface area contributed by atoms with Gasteiger partial charge in [0.25, 0.3) is 0 Å². The molecule has 1 unspecified atom stereocenters. The van der Waals surface area contributed by atoms with E-state index in [0.29, 0.717) is 11.1 Å². The Morgan fingerprint density at radius 3 is 2.90 bits per heavy atom. The predicted molar refractivity (Wildman–Crippen MR) is 71.6 cm³/mol. The Balaban J connectivity index is 2.55. The van der Waals surface area contributed by atoms with Crippen molar-refractivity contribution in [1.29, 1.82) is 5.26 Å². The van der Waals surface area contributed by atoms with Crippen LogP contribution >= 0.6 is 0 Å². The molecule has 104 valence electrons. The Morgan fingerprint density at radius 1 is 1.55 bits per heavy atom. The molecule has 0 aromatic heterocycles. The minimum atomic E-state index is -1.14. The summed E-state index contributed by atoms with van der Waals surface area (Å²) in [6.45, 7) is -0.118. The van der Waals surface area contributed by atoms with Gasteiger partial charge in [-0.3, -0.25) is 4.79 Å². The number of hydrogen-bond donors (Lipinski definition) is 2. The van der Waals surface area contributed by atoms with Gasteiger partial charge in [0.05, 0.1) is 18.2 Å². The second kappa shape index (κ2) is 7.71. The Bertz CT molecular complexity index is 561. The van der Waals surface area contributed by atoms with Gasteiger partial charge < -0.3 is 15.2 Å². The number of nitrogens with zero attached hydrogens (tertiary/aromatic N) is 1. The van der Waals surface area contributed by atoms with E-state index in [4.69, 9.17) is 10.4 Å². The molecule has 2 N–H and O–H groups in total. The standard InChI is InChI=1S/C14H14N2O4/c1-20-12(14(18)19)9-16-13(17)6-5-10-3-2-4-11(7-10)8-15/h2-7,12H,9H2,1H3,(H,16,17)(H,18,19)/b6-5+. The Hall–Kier alpha value is -2.65. The number of carbonyl (C=O) groups is 2. The highest BCUT2D eigenvalue weighted by atomic mass is 16.5. The molecule has 0 heterocycles. The number of carbonyl (C=O) groups excluding carboxylic acids is 1. The number of aliphatic carboxylic acids is 1. The average Bonchev–Trinajstić information content (AvgIpc) is 2.45. The summed E-state index contributed by atoms with van der Waals surface area (Å²) in [5.41, 5.74) is 1.21. The molecule has 0 saturated heterocycles. The van der Waals surface area contributed by atoms with E-state index in [2.05, 4.69) is 10.1 Å². The van der Waals surface area contributed by atoms with Crippen molar-refractivity contribution < 1.29 is 19.4 Å². The van der Waals surface area contributed by atoms with Crippen molar-refractivity contribution in [2.75, 3.05) is 13.7 Å². The lowest BCUT2D eigenvalue weighted by Crippen LogP contribution is -2.37. The van der Waals surface area contributed by atoms with Crippen LogP contribution in [0.4, 0.5) is 0 Å². The van der Waals surface area contributed by atoms with Crippen LogP contribution in [0.2, 0.25) is 0 Å². The van der Waals surface area contributed by atoms with Crippen LogP contribution in [0.25, 0.3) is 6.08 Å². The van der Waals surface area contributed by atoms with Crippen LogP contribution in [-0.2, 0) is 14.3 Å². The van der Waals surface area contributed by atoms with Gasteiger partial charge in [0.2, 0.25) is 5.91 Å². The molecular weight excluding hydrogens is 260 g/mol. The van der Waals surface area contributed by atoms with Crippen molar-refractivity contribution in [2.45, 2.75) is 6.10 Å². The van der Waals surface area contributed by atoms with E-state index in [1.807, 2.05) is 6.07 Å². The first-order chi connectivity index (χ1) is 9.56. The van der Waals surface area contributed by atoms with Crippen molar-refractivity contribution in [3.05, 3.63) is 41.5 Å². The molecule has 1 aromatic rings. The molecule has 0 aliphatic rings.